The van der Waals surface area contributed by atoms with Crippen molar-refractivity contribution in [2.75, 3.05) is 11.1 Å². The molecule has 0 bridgehead atoms. The number of thioether (sulfide) groups is 1. The summed E-state index contributed by atoms with van der Waals surface area (Å²) in [5.74, 6) is -0.103. The Bertz CT molecular complexity index is 1360. The highest BCUT2D eigenvalue weighted by molar-refractivity contribution is 8.00. The summed E-state index contributed by atoms with van der Waals surface area (Å²) < 4.78 is 0. The molecule has 0 saturated heterocycles. The number of anilines is 1. The van der Waals surface area contributed by atoms with Gasteiger partial charge >= 0.3 is 0 Å². The smallest absolute Gasteiger partial charge is 0.234 e. The van der Waals surface area contributed by atoms with E-state index in [9.17, 15) is 10.1 Å². The highest BCUT2D eigenvalue weighted by Gasteiger charge is 2.17. The average molecular weight is 504 g/mol. The Hall–Kier alpha value is -3.30. The van der Waals surface area contributed by atoms with Crippen LogP contribution in [0.25, 0.3) is 22.4 Å². The van der Waals surface area contributed by atoms with Crippen molar-refractivity contribution in [1.82, 2.24) is 4.98 Å². The van der Waals surface area contributed by atoms with Gasteiger partial charge in [0.15, 0.2) is 0 Å². The fourth-order valence-corrected chi connectivity index (χ4v) is 4.38. The first-order valence-corrected chi connectivity index (χ1v) is 12.1. The number of benzene rings is 3. The molecule has 7 heteroatoms. The molecule has 0 spiro atoms. The van der Waals surface area contributed by atoms with Crippen LogP contribution < -0.4 is 5.32 Å². The molecule has 1 amide bonds. The van der Waals surface area contributed by atoms with Crippen molar-refractivity contribution in [1.29, 1.82) is 5.26 Å². The molecular weight excluding hydrogens is 485 g/mol. The molecule has 4 rings (SSSR count). The summed E-state index contributed by atoms with van der Waals surface area (Å²) in [7, 11) is 0. The molecule has 1 aromatic heterocycles. The molecule has 0 saturated carbocycles. The van der Waals surface area contributed by atoms with E-state index in [1.807, 2.05) is 49.4 Å². The topological polar surface area (TPSA) is 65.8 Å². The predicted octanol–water partition coefficient (Wildman–Crippen LogP) is 7.63. The van der Waals surface area contributed by atoms with E-state index in [1.165, 1.54) is 11.8 Å². The average Bonchev–Trinajstić information content (AvgIpc) is 2.84. The number of nitrogens with one attached hydrogen (secondary N) is 1. The summed E-state index contributed by atoms with van der Waals surface area (Å²) >= 11 is 13.2. The van der Waals surface area contributed by atoms with Gasteiger partial charge in [-0.05, 0) is 55.0 Å². The lowest BCUT2D eigenvalue weighted by atomic mass is 9.99. The highest BCUT2D eigenvalue weighted by atomic mass is 35.5. The first-order chi connectivity index (χ1) is 16.4. The quantitative estimate of drug-likeness (QED) is 0.274. The fourth-order valence-electron chi connectivity index (χ4n) is 3.33. The Morgan fingerprint density at radius 3 is 2.15 bits per heavy atom. The molecule has 4 nitrogen and oxygen atoms in total. The molecule has 0 radical (unpaired) electrons. The summed E-state index contributed by atoms with van der Waals surface area (Å²) in [4.78, 5) is 17.3. The van der Waals surface area contributed by atoms with Crippen molar-refractivity contribution in [3.63, 3.8) is 0 Å². The van der Waals surface area contributed by atoms with Gasteiger partial charge in [-0.2, -0.15) is 5.26 Å². The number of carbonyl (C=O) groups is 1. The van der Waals surface area contributed by atoms with E-state index < -0.39 is 0 Å². The minimum Gasteiger partial charge on any atom is -0.325 e. The predicted molar refractivity (Wildman–Crippen MR) is 140 cm³/mol. The van der Waals surface area contributed by atoms with Crippen LogP contribution in [0.4, 0.5) is 5.69 Å². The lowest BCUT2D eigenvalue weighted by molar-refractivity contribution is -0.113. The number of nitrogens with zero attached hydrogens (tertiary/aromatic N) is 2. The molecule has 0 aliphatic rings. The maximum absolute atomic E-state index is 12.6. The lowest BCUT2D eigenvalue weighted by Gasteiger charge is -2.13. The Morgan fingerprint density at radius 2 is 1.53 bits per heavy atom. The maximum atomic E-state index is 12.6. The number of hydrogen-bond donors (Lipinski definition) is 1. The number of rotatable bonds is 6. The van der Waals surface area contributed by atoms with Crippen LogP contribution in [0.1, 0.15) is 11.1 Å². The van der Waals surface area contributed by atoms with Crippen molar-refractivity contribution in [2.24, 2.45) is 0 Å². The van der Waals surface area contributed by atoms with Gasteiger partial charge < -0.3 is 5.32 Å². The summed E-state index contributed by atoms with van der Waals surface area (Å²) in [6.45, 7) is 2.02. The van der Waals surface area contributed by atoms with E-state index in [0.717, 1.165) is 27.9 Å². The number of nitriles is 1. The van der Waals surface area contributed by atoms with Crippen LogP contribution in [0.3, 0.4) is 0 Å². The Kier molecular flexibility index (Phi) is 7.54. The minimum absolute atomic E-state index is 0.0989. The van der Waals surface area contributed by atoms with Crippen LogP contribution in [0.2, 0.25) is 10.0 Å². The van der Waals surface area contributed by atoms with Gasteiger partial charge in [0.2, 0.25) is 5.91 Å². The van der Waals surface area contributed by atoms with Crippen LogP contribution in [0.15, 0.2) is 83.9 Å². The van der Waals surface area contributed by atoms with E-state index in [2.05, 4.69) is 11.4 Å². The number of pyridine rings is 1. The third kappa shape index (κ3) is 5.78. The third-order valence-corrected chi connectivity index (χ3v) is 6.55. The first kappa shape index (κ1) is 23.8. The van der Waals surface area contributed by atoms with E-state index in [4.69, 9.17) is 28.2 Å². The standard InChI is InChI=1S/C27H19Cl2N3OS/c1-17-2-4-19(5-3-17)25-14-23(18-6-8-20(28)9-7-18)24(15-30)27(32-25)34-16-26(33)31-22-12-10-21(29)11-13-22/h2-14H,16H2,1H3,(H,31,33). The second kappa shape index (κ2) is 10.8. The van der Waals surface area contributed by atoms with E-state index in [0.29, 0.717) is 26.3 Å². The van der Waals surface area contributed by atoms with E-state index >= 15 is 0 Å². The zero-order valence-corrected chi connectivity index (χ0v) is 20.5. The number of aromatic nitrogens is 1. The van der Waals surface area contributed by atoms with E-state index in [1.54, 1.807) is 36.4 Å². The molecule has 0 aliphatic carbocycles. The van der Waals surface area contributed by atoms with Crippen molar-refractivity contribution >= 4 is 46.6 Å². The van der Waals surface area contributed by atoms with Gasteiger partial charge in [-0.3, -0.25) is 4.79 Å². The normalized spacial score (nSPS) is 10.5. The van der Waals surface area contributed by atoms with Crippen LogP contribution in [-0.4, -0.2) is 16.6 Å². The van der Waals surface area contributed by atoms with Crippen LogP contribution in [0.5, 0.6) is 0 Å². The van der Waals surface area contributed by atoms with E-state index in [-0.39, 0.29) is 11.7 Å². The molecule has 4 aromatic rings. The summed E-state index contributed by atoms with van der Waals surface area (Å²) in [6, 6.07) is 26.4. The molecule has 1 heterocycles. The molecule has 0 fully saturated rings. The SMILES string of the molecule is Cc1ccc(-c2cc(-c3ccc(Cl)cc3)c(C#N)c(SCC(=O)Nc3ccc(Cl)cc3)n2)cc1. The van der Waals surface area contributed by atoms with Crippen molar-refractivity contribution in [3.05, 3.63) is 100 Å². The van der Waals surface area contributed by atoms with Crippen LogP contribution in [-0.2, 0) is 4.79 Å². The van der Waals surface area contributed by atoms with Gasteiger partial charge in [-0.1, -0.05) is 76.9 Å². The number of halogens is 2. The molecular formula is C27H19Cl2N3OS. The molecule has 0 unspecified atom stereocenters. The zero-order chi connectivity index (χ0) is 24.1. The molecule has 0 aliphatic heterocycles. The molecule has 0 atom stereocenters. The number of amides is 1. The van der Waals surface area contributed by atoms with Crippen LogP contribution in [0, 0.1) is 18.3 Å². The van der Waals surface area contributed by atoms with Gasteiger partial charge in [0.25, 0.3) is 0 Å². The largest absolute Gasteiger partial charge is 0.325 e. The molecule has 168 valence electrons. The van der Waals surface area contributed by atoms with Crippen LogP contribution >= 0.6 is 35.0 Å². The van der Waals surface area contributed by atoms with Gasteiger partial charge in [-0.15, -0.1) is 0 Å². The van der Waals surface area contributed by atoms with Crippen molar-refractivity contribution in [2.45, 2.75) is 11.9 Å². The van der Waals surface area contributed by atoms with Crippen molar-refractivity contribution in [3.8, 4) is 28.5 Å². The van der Waals surface area contributed by atoms with Gasteiger partial charge in [0.1, 0.15) is 11.1 Å². The minimum atomic E-state index is -0.202. The maximum Gasteiger partial charge on any atom is 0.234 e. The van der Waals surface area contributed by atoms with Gasteiger partial charge in [0, 0.05) is 26.9 Å². The lowest BCUT2D eigenvalue weighted by Crippen LogP contribution is -2.14. The highest BCUT2D eigenvalue weighted by Crippen LogP contribution is 2.34. The molecule has 34 heavy (non-hydrogen) atoms. The first-order valence-electron chi connectivity index (χ1n) is 10.4. The van der Waals surface area contributed by atoms with Gasteiger partial charge in [-0.25, -0.2) is 4.98 Å². The Labute approximate surface area is 212 Å². The van der Waals surface area contributed by atoms with Crippen molar-refractivity contribution < 1.29 is 4.79 Å². The summed E-state index contributed by atoms with van der Waals surface area (Å²) in [6.07, 6.45) is 0. The molecule has 1 N–H and O–H groups in total. The second-order valence-electron chi connectivity index (χ2n) is 7.56. The third-order valence-electron chi connectivity index (χ3n) is 5.07. The Morgan fingerprint density at radius 1 is 0.941 bits per heavy atom. The fraction of sp³-hybridized carbons (Fsp3) is 0.0741. The zero-order valence-electron chi connectivity index (χ0n) is 18.2. The molecule has 3 aromatic carbocycles. The second-order valence-corrected chi connectivity index (χ2v) is 9.40. The summed E-state index contributed by atoms with van der Waals surface area (Å²) in [5.41, 5.74) is 5.46. The monoisotopic (exact) mass is 503 g/mol. The number of hydrogen-bond acceptors (Lipinski definition) is 4. The summed E-state index contributed by atoms with van der Waals surface area (Å²) in [5, 5.41) is 14.5. The number of carbonyl (C=O) groups excluding carboxylic acids is 1. The Balaban J connectivity index is 1.68. The number of aryl methyl sites for hydroxylation is 1. The van der Waals surface area contributed by atoms with Gasteiger partial charge in [0.05, 0.1) is 17.0 Å².